The lowest BCUT2D eigenvalue weighted by molar-refractivity contribution is -0.115. The molecule has 0 spiro atoms. The second-order valence-corrected chi connectivity index (χ2v) is 10.2. The molecular formula is C19H21FN6O3S2. The minimum Gasteiger partial charge on any atom is -0.335 e. The molecular weight excluding hydrogens is 443 g/mol. The number of anilines is 1. The molecule has 3 aromatic rings. The summed E-state index contributed by atoms with van der Waals surface area (Å²) in [5.41, 5.74) is 0.530. The van der Waals surface area contributed by atoms with E-state index in [0.29, 0.717) is 5.69 Å². The van der Waals surface area contributed by atoms with Crippen molar-refractivity contribution in [2.75, 3.05) is 25.3 Å². The number of nitrogen functional groups attached to an aromatic ring is 1. The lowest BCUT2D eigenvalue weighted by Crippen LogP contribution is -2.24. The van der Waals surface area contributed by atoms with E-state index in [-0.39, 0.29) is 27.3 Å². The van der Waals surface area contributed by atoms with Gasteiger partial charge in [0.1, 0.15) is 5.82 Å². The van der Waals surface area contributed by atoms with Crippen LogP contribution in [0.15, 0.2) is 58.6 Å². The first-order valence-corrected chi connectivity index (χ1v) is 11.4. The third-order valence-electron chi connectivity index (χ3n) is 4.31. The van der Waals surface area contributed by atoms with Gasteiger partial charge >= 0.3 is 0 Å². The maximum absolute atomic E-state index is 14.0. The Morgan fingerprint density at radius 2 is 1.90 bits per heavy atom. The Bertz CT molecular complexity index is 1210. The van der Waals surface area contributed by atoms with Gasteiger partial charge in [-0.3, -0.25) is 4.79 Å². The van der Waals surface area contributed by atoms with Gasteiger partial charge in [-0.05, 0) is 37.3 Å². The van der Waals surface area contributed by atoms with Crippen molar-refractivity contribution in [2.24, 2.45) is 0 Å². The molecule has 9 nitrogen and oxygen atoms in total. The summed E-state index contributed by atoms with van der Waals surface area (Å²) in [5.74, 6) is 5.26. The molecule has 1 heterocycles. The number of hydrogen-bond donors (Lipinski definition) is 2. The molecule has 0 aliphatic heterocycles. The molecule has 1 aromatic heterocycles. The molecule has 0 radical (unpaired) electrons. The van der Waals surface area contributed by atoms with Crippen LogP contribution in [0.4, 0.5) is 10.1 Å². The lowest BCUT2D eigenvalue weighted by Gasteiger charge is -2.14. The van der Waals surface area contributed by atoms with Gasteiger partial charge in [-0.1, -0.05) is 30.0 Å². The van der Waals surface area contributed by atoms with Gasteiger partial charge in [-0.15, -0.1) is 10.2 Å². The number of carbonyl (C=O) groups excluding carboxylic acids is 1. The molecule has 0 saturated carbocycles. The summed E-state index contributed by atoms with van der Waals surface area (Å²) in [4.78, 5) is 12.7. The molecule has 0 saturated heterocycles. The number of nitrogens with zero attached hydrogens (tertiary/aromatic N) is 4. The van der Waals surface area contributed by atoms with Crippen LogP contribution in [-0.4, -0.2) is 52.8 Å². The van der Waals surface area contributed by atoms with E-state index in [9.17, 15) is 17.6 Å². The minimum atomic E-state index is -3.63. The second kappa shape index (κ2) is 9.04. The summed E-state index contributed by atoms with van der Waals surface area (Å²) in [6.07, 6.45) is 0. The van der Waals surface area contributed by atoms with E-state index in [4.69, 9.17) is 5.84 Å². The monoisotopic (exact) mass is 464 g/mol. The summed E-state index contributed by atoms with van der Waals surface area (Å²) in [7, 11) is -0.772. The Balaban J connectivity index is 1.73. The number of hydrogen-bond acceptors (Lipinski definition) is 7. The van der Waals surface area contributed by atoms with Crippen LogP contribution in [0.3, 0.4) is 0 Å². The minimum absolute atomic E-state index is 0.0619. The fraction of sp³-hybridized carbons (Fsp3) is 0.211. The van der Waals surface area contributed by atoms with E-state index in [0.717, 1.165) is 20.7 Å². The number of rotatable bonds is 7. The molecule has 31 heavy (non-hydrogen) atoms. The number of aromatic nitrogens is 3. The van der Waals surface area contributed by atoms with Crippen LogP contribution >= 0.6 is 11.8 Å². The quantitative estimate of drug-likeness (QED) is 0.406. The Hall–Kier alpha value is -2.96. The summed E-state index contributed by atoms with van der Waals surface area (Å²) in [6.45, 7) is 1.64. The van der Waals surface area contributed by atoms with Gasteiger partial charge in [0.2, 0.25) is 21.1 Å². The molecule has 12 heteroatoms. The van der Waals surface area contributed by atoms with Crippen molar-refractivity contribution in [1.82, 2.24) is 19.2 Å². The molecule has 2 aromatic carbocycles. The molecule has 0 fully saturated rings. The van der Waals surface area contributed by atoms with Gasteiger partial charge in [0.05, 0.1) is 15.7 Å². The van der Waals surface area contributed by atoms with E-state index in [1.54, 1.807) is 31.2 Å². The van der Waals surface area contributed by atoms with Crippen molar-refractivity contribution < 1.29 is 17.6 Å². The predicted octanol–water partition coefficient (Wildman–Crippen LogP) is 2.17. The van der Waals surface area contributed by atoms with Gasteiger partial charge < -0.3 is 11.2 Å². The van der Waals surface area contributed by atoms with E-state index in [1.165, 1.54) is 38.4 Å². The second-order valence-electron chi connectivity index (χ2n) is 6.72. The van der Waals surface area contributed by atoms with Gasteiger partial charge in [0, 0.05) is 19.8 Å². The van der Waals surface area contributed by atoms with Crippen LogP contribution in [0.5, 0.6) is 0 Å². The fourth-order valence-corrected chi connectivity index (χ4v) is 4.30. The predicted molar refractivity (Wildman–Crippen MR) is 117 cm³/mol. The standard InChI is InChI=1S/C19H21FN6O3S2/c1-12(18(27)22-13-7-6-8-14(11-13)31(28,29)25(2)3)30-19-24-23-17(26(19)21)15-9-4-5-10-16(15)20/h4-12H,21H2,1-3H3,(H,22,27). The number of carbonyl (C=O) groups is 1. The van der Waals surface area contributed by atoms with Crippen molar-refractivity contribution in [3.05, 3.63) is 54.3 Å². The number of benzene rings is 2. The molecule has 0 aliphatic carbocycles. The van der Waals surface area contributed by atoms with E-state index >= 15 is 0 Å². The summed E-state index contributed by atoms with van der Waals surface area (Å²) < 4.78 is 40.8. The first-order valence-electron chi connectivity index (χ1n) is 9.06. The highest BCUT2D eigenvalue weighted by Gasteiger charge is 2.22. The average molecular weight is 465 g/mol. The van der Waals surface area contributed by atoms with Crippen LogP contribution in [0.2, 0.25) is 0 Å². The van der Waals surface area contributed by atoms with E-state index in [2.05, 4.69) is 15.5 Å². The average Bonchev–Trinajstić information content (AvgIpc) is 3.08. The molecule has 3 rings (SSSR count). The van der Waals surface area contributed by atoms with Crippen LogP contribution < -0.4 is 11.2 Å². The van der Waals surface area contributed by atoms with Crippen LogP contribution in [0, 0.1) is 5.82 Å². The zero-order valence-corrected chi connectivity index (χ0v) is 18.6. The number of nitrogens with one attached hydrogen (secondary N) is 1. The number of nitrogens with two attached hydrogens (primary N) is 1. The topological polar surface area (TPSA) is 123 Å². The highest BCUT2D eigenvalue weighted by atomic mass is 32.2. The first-order chi connectivity index (χ1) is 14.6. The Morgan fingerprint density at radius 1 is 1.19 bits per heavy atom. The highest BCUT2D eigenvalue weighted by molar-refractivity contribution is 8.00. The molecule has 1 atom stereocenters. The van der Waals surface area contributed by atoms with E-state index in [1.807, 2.05) is 0 Å². The molecule has 1 amide bonds. The molecule has 1 unspecified atom stereocenters. The lowest BCUT2D eigenvalue weighted by atomic mass is 10.2. The third-order valence-corrected chi connectivity index (χ3v) is 7.18. The number of thioether (sulfide) groups is 1. The molecule has 0 bridgehead atoms. The van der Waals surface area contributed by atoms with Gasteiger partial charge in [0.15, 0.2) is 5.82 Å². The highest BCUT2D eigenvalue weighted by Crippen LogP contribution is 2.27. The van der Waals surface area contributed by atoms with Crippen molar-refractivity contribution in [3.8, 4) is 11.4 Å². The Labute approximate surface area is 183 Å². The van der Waals surface area contributed by atoms with E-state index < -0.39 is 21.1 Å². The van der Waals surface area contributed by atoms with Gasteiger partial charge in [-0.25, -0.2) is 21.8 Å². The van der Waals surface area contributed by atoms with Crippen molar-refractivity contribution in [1.29, 1.82) is 0 Å². The Kier molecular flexibility index (Phi) is 6.62. The number of halogens is 1. The van der Waals surface area contributed by atoms with Crippen molar-refractivity contribution in [2.45, 2.75) is 22.2 Å². The Morgan fingerprint density at radius 3 is 2.58 bits per heavy atom. The molecule has 0 aliphatic rings. The van der Waals surface area contributed by atoms with Crippen molar-refractivity contribution >= 4 is 33.4 Å². The number of sulfonamides is 1. The maximum Gasteiger partial charge on any atom is 0.242 e. The van der Waals surface area contributed by atoms with Crippen LogP contribution in [0.25, 0.3) is 11.4 Å². The fourth-order valence-electron chi connectivity index (χ4n) is 2.58. The zero-order valence-electron chi connectivity index (χ0n) is 17.0. The summed E-state index contributed by atoms with van der Waals surface area (Å²) in [5, 5.41) is 10.1. The zero-order chi connectivity index (χ0) is 22.8. The molecule has 3 N–H and O–H groups in total. The van der Waals surface area contributed by atoms with Crippen LogP contribution in [0.1, 0.15) is 6.92 Å². The summed E-state index contributed by atoms with van der Waals surface area (Å²) >= 11 is 1.04. The van der Waals surface area contributed by atoms with Gasteiger partial charge in [0.25, 0.3) is 0 Å². The molecule has 164 valence electrons. The number of amides is 1. The van der Waals surface area contributed by atoms with Crippen molar-refractivity contribution in [3.63, 3.8) is 0 Å². The third kappa shape index (κ3) is 4.86. The SMILES string of the molecule is CC(Sc1nnc(-c2ccccc2F)n1N)C(=O)Nc1cccc(S(=O)(=O)N(C)C)c1. The van der Waals surface area contributed by atoms with Crippen LogP contribution in [-0.2, 0) is 14.8 Å². The first kappa shape index (κ1) is 22.7. The van der Waals surface area contributed by atoms with Gasteiger partial charge in [-0.2, -0.15) is 0 Å². The normalized spacial score (nSPS) is 12.7. The maximum atomic E-state index is 14.0. The smallest absolute Gasteiger partial charge is 0.242 e. The largest absolute Gasteiger partial charge is 0.335 e. The summed E-state index contributed by atoms with van der Waals surface area (Å²) in [6, 6.07) is 12.0.